The minimum atomic E-state index is 0.547. The van der Waals surface area contributed by atoms with Crippen LogP contribution >= 0.6 is 22.9 Å². The van der Waals surface area contributed by atoms with E-state index in [0.717, 1.165) is 40.4 Å². The number of hydrogen-bond acceptors (Lipinski definition) is 5. The monoisotopic (exact) mass is 350 g/mol. The number of rotatable bonds is 2. The molecule has 4 rings (SSSR count). The van der Waals surface area contributed by atoms with Gasteiger partial charge in [-0.25, -0.2) is 9.97 Å². The summed E-state index contributed by atoms with van der Waals surface area (Å²) in [6, 6.07) is 2.68. The van der Waals surface area contributed by atoms with E-state index in [9.17, 15) is 0 Å². The highest BCUT2D eigenvalue weighted by molar-refractivity contribution is 7.22. The van der Waals surface area contributed by atoms with Crippen molar-refractivity contribution in [3.63, 3.8) is 0 Å². The lowest BCUT2D eigenvalue weighted by Gasteiger charge is -2.41. The first kappa shape index (κ1) is 15.6. The van der Waals surface area contributed by atoms with Gasteiger partial charge in [0.05, 0.1) is 10.9 Å². The summed E-state index contributed by atoms with van der Waals surface area (Å²) in [6.45, 7) is 7.19. The number of piperidine rings is 2. The van der Waals surface area contributed by atoms with Gasteiger partial charge < -0.3 is 4.90 Å². The quantitative estimate of drug-likeness (QED) is 0.765. The summed E-state index contributed by atoms with van der Waals surface area (Å²) < 4.78 is 1.13. The molecule has 2 fully saturated rings. The van der Waals surface area contributed by atoms with Crippen molar-refractivity contribution in [2.24, 2.45) is 5.92 Å². The Morgan fingerprint density at radius 1 is 1.22 bits per heavy atom. The molecule has 2 aliphatic heterocycles. The van der Waals surface area contributed by atoms with Crippen molar-refractivity contribution in [3.8, 4) is 0 Å². The van der Waals surface area contributed by atoms with Crippen molar-refractivity contribution in [1.29, 1.82) is 0 Å². The summed E-state index contributed by atoms with van der Waals surface area (Å²) in [5.41, 5.74) is 0.960. The molecule has 0 saturated carbocycles. The highest BCUT2D eigenvalue weighted by atomic mass is 35.5. The summed E-state index contributed by atoms with van der Waals surface area (Å²) in [7, 11) is 0. The summed E-state index contributed by atoms with van der Waals surface area (Å²) >= 11 is 7.71. The Labute approximate surface area is 146 Å². The summed E-state index contributed by atoms with van der Waals surface area (Å²) in [4.78, 5) is 14.0. The molecular formula is C17H23ClN4S. The lowest BCUT2D eigenvalue weighted by atomic mass is 9.95. The average molecular weight is 351 g/mol. The number of likely N-dealkylation sites (tertiary alicyclic amines) is 1. The highest BCUT2D eigenvalue weighted by Crippen LogP contribution is 2.32. The highest BCUT2D eigenvalue weighted by Gasteiger charge is 2.28. The molecule has 124 valence electrons. The lowest BCUT2D eigenvalue weighted by molar-refractivity contribution is 0.112. The fourth-order valence-electron chi connectivity index (χ4n) is 3.91. The molecule has 1 atom stereocenters. The van der Waals surface area contributed by atoms with Gasteiger partial charge in [0.1, 0.15) is 10.7 Å². The van der Waals surface area contributed by atoms with Crippen molar-refractivity contribution in [2.75, 3.05) is 31.1 Å². The van der Waals surface area contributed by atoms with Crippen LogP contribution in [-0.2, 0) is 0 Å². The molecule has 2 aliphatic rings. The van der Waals surface area contributed by atoms with Gasteiger partial charge in [-0.1, -0.05) is 29.9 Å². The van der Waals surface area contributed by atoms with Gasteiger partial charge in [0.25, 0.3) is 0 Å². The largest absolute Gasteiger partial charge is 0.348 e. The molecule has 0 spiro atoms. The van der Waals surface area contributed by atoms with Gasteiger partial charge in [0.2, 0.25) is 0 Å². The number of anilines is 1. The van der Waals surface area contributed by atoms with Crippen LogP contribution in [0.25, 0.3) is 10.2 Å². The molecule has 2 saturated heterocycles. The third kappa shape index (κ3) is 3.32. The Hall–Kier alpha value is -0.910. The third-order valence-electron chi connectivity index (χ3n) is 5.17. The first-order valence-electron chi connectivity index (χ1n) is 8.60. The van der Waals surface area contributed by atoms with Crippen molar-refractivity contribution in [3.05, 3.63) is 17.4 Å². The first-order chi connectivity index (χ1) is 11.2. The summed E-state index contributed by atoms with van der Waals surface area (Å²) in [5.74, 6) is 0.864. The van der Waals surface area contributed by atoms with E-state index in [-0.39, 0.29) is 0 Å². The van der Waals surface area contributed by atoms with Gasteiger partial charge in [-0.2, -0.15) is 0 Å². The zero-order chi connectivity index (χ0) is 15.8. The first-order valence-corrected chi connectivity index (χ1v) is 9.79. The number of fused-ring (bicyclic) bond motifs is 1. The van der Waals surface area contributed by atoms with Crippen molar-refractivity contribution in [2.45, 2.75) is 38.6 Å². The Morgan fingerprint density at radius 3 is 2.83 bits per heavy atom. The fourth-order valence-corrected chi connectivity index (χ4v) is 5.16. The number of halogens is 1. The van der Waals surface area contributed by atoms with Gasteiger partial charge >= 0.3 is 0 Å². The van der Waals surface area contributed by atoms with Crippen LogP contribution in [0.15, 0.2) is 12.3 Å². The number of hydrogen-bond donors (Lipinski definition) is 0. The number of nitrogens with zero attached hydrogens (tertiary/aromatic N) is 4. The number of aromatic nitrogens is 2. The van der Waals surface area contributed by atoms with Gasteiger partial charge in [-0.15, -0.1) is 0 Å². The molecule has 2 aromatic rings. The molecule has 2 aromatic heterocycles. The predicted octanol–water partition coefficient (Wildman–Crippen LogP) is 4.05. The second-order valence-corrected chi connectivity index (χ2v) is 8.33. The molecular weight excluding hydrogens is 328 g/mol. The molecule has 0 aliphatic carbocycles. The topological polar surface area (TPSA) is 32.3 Å². The molecule has 0 radical (unpaired) electrons. The van der Waals surface area contributed by atoms with Crippen LogP contribution in [0.1, 0.15) is 32.6 Å². The van der Waals surface area contributed by atoms with E-state index >= 15 is 0 Å². The molecule has 0 amide bonds. The summed E-state index contributed by atoms with van der Waals surface area (Å²) in [6.07, 6.45) is 7.05. The predicted molar refractivity (Wildman–Crippen MR) is 97.6 cm³/mol. The van der Waals surface area contributed by atoms with E-state index in [4.69, 9.17) is 16.6 Å². The molecule has 6 heteroatoms. The normalized spacial score (nSPS) is 24.4. The molecule has 0 bridgehead atoms. The lowest BCUT2D eigenvalue weighted by Crippen LogP contribution is -2.48. The average Bonchev–Trinajstić information content (AvgIpc) is 2.98. The Bertz CT molecular complexity index is 680. The van der Waals surface area contributed by atoms with Crippen molar-refractivity contribution < 1.29 is 0 Å². The van der Waals surface area contributed by atoms with Crippen LogP contribution in [0.2, 0.25) is 5.15 Å². The van der Waals surface area contributed by atoms with E-state index in [1.165, 1.54) is 38.8 Å². The smallest absolute Gasteiger partial charge is 0.186 e. The van der Waals surface area contributed by atoms with Crippen molar-refractivity contribution >= 4 is 38.3 Å². The van der Waals surface area contributed by atoms with E-state index in [0.29, 0.717) is 5.15 Å². The number of pyridine rings is 1. The molecule has 4 nitrogen and oxygen atoms in total. The maximum absolute atomic E-state index is 5.98. The second-order valence-electron chi connectivity index (χ2n) is 6.93. The van der Waals surface area contributed by atoms with Gasteiger partial charge in [-0.3, -0.25) is 4.90 Å². The van der Waals surface area contributed by atoms with Crippen LogP contribution in [-0.4, -0.2) is 47.1 Å². The minimum Gasteiger partial charge on any atom is -0.348 e. The minimum absolute atomic E-state index is 0.547. The maximum Gasteiger partial charge on any atom is 0.186 e. The van der Waals surface area contributed by atoms with E-state index < -0.39 is 0 Å². The molecule has 0 aromatic carbocycles. The zero-order valence-electron chi connectivity index (χ0n) is 13.5. The molecule has 23 heavy (non-hydrogen) atoms. The summed E-state index contributed by atoms with van der Waals surface area (Å²) in [5, 5.41) is 1.67. The van der Waals surface area contributed by atoms with Crippen LogP contribution in [0, 0.1) is 5.92 Å². The molecule has 1 unspecified atom stereocenters. The fraction of sp³-hybridized carbons (Fsp3) is 0.647. The van der Waals surface area contributed by atoms with Gasteiger partial charge in [-0.05, 0) is 44.2 Å². The molecule has 4 heterocycles. The van der Waals surface area contributed by atoms with Gasteiger partial charge in [0.15, 0.2) is 5.13 Å². The molecule has 0 N–H and O–H groups in total. The van der Waals surface area contributed by atoms with Crippen LogP contribution < -0.4 is 4.90 Å². The Kier molecular flexibility index (Phi) is 4.43. The van der Waals surface area contributed by atoms with Gasteiger partial charge in [0, 0.05) is 25.7 Å². The van der Waals surface area contributed by atoms with E-state index in [1.54, 1.807) is 17.5 Å². The van der Waals surface area contributed by atoms with Crippen LogP contribution in [0.5, 0.6) is 0 Å². The van der Waals surface area contributed by atoms with E-state index in [1.807, 2.05) is 6.07 Å². The zero-order valence-corrected chi connectivity index (χ0v) is 15.1. The maximum atomic E-state index is 5.98. The standard InChI is InChI=1S/C17H23ClN4S/c1-12-3-2-6-22(11-12)13-4-7-21(8-5-13)17-20-14-10-19-16(18)9-15(14)23-17/h9-10,12-13H,2-8,11H2,1H3. The van der Waals surface area contributed by atoms with Crippen LogP contribution in [0.4, 0.5) is 5.13 Å². The Morgan fingerprint density at radius 2 is 2.04 bits per heavy atom. The SMILES string of the molecule is CC1CCCN(C2CCN(c3nc4cnc(Cl)cc4s3)CC2)C1. The Balaban J connectivity index is 1.42. The van der Waals surface area contributed by atoms with E-state index in [2.05, 4.69) is 21.7 Å². The third-order valence-corrected chi connectivity index (χ3v) is 6.46. The van der Waals surface area contributed by atoms with Crippen molar-refractivity contribution in [1.82, 2.24) is 14.9 Å². The van der Waals surface area contributed by atoms with Crippen LogP contribution in [0.3, 0.4) is 0 Å². The number of thiazole rings is 1. The second kappa shape index (κ2) is 6.54.